The molecule has 30 heteroatoms. The van der Waals surface area contributed by atoms with Crippen LogP contribution < -0.4 is 54.0 Å². The predicted molar refractivity (Wildman–Crippen MR) is 293 cm³/mol. The van der Waals surface area contributed by atoms with Gasteiger partial charge in [-0.2, -0.15) is 0 Å². The molecule has 0 radical (unpaired) electrons. The van der Waals surface area contributed by atoms with Gasteiger partial charge in [0.15, 0.2) is 0 Å². The summed E-state index contributed by atoms with van der Waals surface area (Å²) in [6.45, 7) is -0.980. The van der Waals surface area contributed by atoms with Gasteiger partial charge in [0.2, 0.25) is 65.0 Å². The van der Waals surface area contributed by atoms with Crippen molar-refractivity contribution in [2.45, 2.75) is 125 Å². The highest BCUT2D eigenvalue weighted by atomic mass is 16.2. The van der Waals surface area contributed by atoms with E-state index >= 15 is 0 Å². The van der Waals surface area contributed by atoms with Crippen molar-refractivity contribution in [1.82, 2.24) is 87.2 Å². The summed E-state index contributed by atoms with van der Waals surface area (Å²) in [4.78, 5) is 182. The minimum Gasteiger partial charge on any atom is -0.370 e. The first-order valence-corrected chi connectivity index (χ1v) is 27.5. The number of imidazole rings is 3. The van der Waals surface area contributed by atoms with Gasteiger partial charge in [-0.25, -0.2) is 15.0 Å². The fourth-order valence-electron chi connectivity index (χ4n) is 10.5. The van der Waals surface area contributed by atoms with Crippen molar-refractivity contribution in [3.05, 3.63) is 90.7 Å². The number of carbonyl (C=O) groups excluding carboxylic acids is 11. The molecule has 3 saturated heterocycles. The molecule has 0 saturated carbocycles. The van der Waals surface area contributed by atoms with E-state index in [1.807, 2.05) is 0 Å². The van der Waals surface area contributed by atoms with Crippen LogP contribution in [-0.4, -0.2) is 191 Å². The van der Waals surface area contributed by atoms with Gasteiger partial charge in [-0.1, -0.05) is 18.2 Å². The van der Waals surface area contributed by atoms with Crippen molar-refractivity contribution in [3.63, 3.8) is 0 Å². The molecule has 8 atom stereocenters. The number of fused-ring (bicyclic) bond motifs is 3. The van der Waals surface area contributed by atoms with Crippen LogP contribution in [0, 0.1) is 0 Å². The Morgan fingerprint density at radius 1 is 0.530 bits per heavy atom. The minimum absolute atomic E-state index is 0.0495. The van der Waals surface area contributed by atoms with Gasteiger partial charge in [-0.3, -0.25) is 52.7 Å². The van der Waals surface area contributed by atoms with E-state index in [0.29, 0.717) is 59.2 Å². The predicted octanol–water partition coefficient (Wildman–Crippen LogP) is -4.25. The lowest BCUT2D eigenvalue weighted by Gasteiger charge is -2.30. The van der Waals surface area contributed by atoms with E-state index < -0.39 is 133 Å². The first-order chi connectivity index (χ1) is 40.0. The van der Waals surface area contributed by atoms with Gasteiger partial charge in [0.1, 0.15) is 48.3 Å². The molecule has 7 heterocycles. The lowest BCUT2D eigenvalue weighted by atomic mass is 10.0. The summed E-state index contributed by atoms with van der Waals surface area (Å²) in [6.07, 6.45) is 10.7. The third-order valence-corrected chi connectivity index (χ3v) is 14.7. The molecule has 4 aromatic heterocycles. The fourth-order valence-corrected chi connectivity index (χ4v) is 10.5. The Morgan fingerprint density at radius 2 is 0.988 bits per heavy atom. The second-order valence-corrected chi connectivity index (χ2v) is 20.7. The van der Waals surface area contributed by atoms with Crippen molar-refractivity contribution >= 4 is 75.9 Å². The number of nitrogens with one attached hydrogen (secondary N) is 12. The number of hydrogen-bond donors (Lipinski definition) is 14. The smallest absolute Gasteiger partial charge is 0.246 e. The van der Waals surface area contributed by atoms with E-state index in [4.69, 9.17) is 11.5 Å². The molecule has 0 unspecified atom stereocenters. The van der Waals surface area contributed by atoms with Crippen LogP contribution in [0.4, 0.5) is 0 Å². The molecular weight excluding hydrogens is 1080 g/mol. The summed E-state index contributed by atoms with van der Waals surface area (Å²) >= 11 is 0. The Bertz CT molecular complexity index is 3110. The van der Waals surface area contributed by atoms with Crippen molar-refractivity contribution in [1.29, 1.82) is 0 Å². The van der Waals surface area contributed by atoms with Crippen LogP contribution in [0.15, 0.2) is 68.0 Å². The molecule has 8 rings (SSSR count). The molecule has 83 heavy (non-hydrogen) atoms. The monoisotopic (exact) mass is 1150 g/mol. The second-order valence-electron chi connectivity index (χ2n) is 20.7. The zero-order valence-electron chi connectivity index (χ0n) is 45.4. The first-order valence-electron chi connectivity index (χ1n) is 27.5. The van der Waals surface area contributed by atoms with Crippen LogP contribution in [0.5, 0.6) is 0 Å². The Kier molecular flexibility index (Phi) is 20.3. The summed E-state index contributed by atoms with van der Waals surface area (Å²) in [6, 6.07) is -3.63. The summed E-state index contributed by atoms with van der Waals surface area (Å²) in [5.74, 6) is -9.04. The van der Waals surface area contributed by atoms with Crippen molar-refractivity contribution in [3.8, 4) is 0 Å². The number of unbranched alkanes of at least 4 members (excludes halogenated alkanes) is 1. The molecule has 442 valence electrons. The molecule has 3 aliphatic heterocycles. The fraction of sp³-hybridized carbons (Fsp3) is 0.472. The van der Waals surface area contributed by atoms with Crippen LogP contribution >= 0.6 is 0 Å². The molecular formula is C53H69N19O11. The number of amides is 11. The Balaban J connectivity index is 1.11. The maximum atomic E-state index is 14.8. The van der Waals surface area contributed by atoms with Gasteiger partial charge in [-0.15, -0.1) is 0 Å². The van der Waals surface area contributed by atoms with Gasteiger partial charge >= 0.3 is 0 Å². The normalized spacial score (nSPS) is 24.3. The van der Waals surface area contributed by atoms with Crippen LogP contribution in [0.1, 0.15) is 74.0 Å². The molecule has 3 fully saturated rings. The number of hydrogen-bond acceptors (Lipinski definition) is 15. The number of nitrogens with two attached hydrogens (primary N) is 2. The lowest BCUT2D eigenvalue weighted by molar-refractivity contribution is -0.142. The number of aromatic amines is 4. The Morgan fingerprint density at radius 3 is 1.49 bits per heavy atom. The summed E-state index contributed by atoms with van der Waals surface area (Å²) in [5, 5.41) is 21.8. The highest BCUT2D eigenvalue weighted by Crippen LogP contribution is 2.23. The van der Waals surface area contributed by atoms with E-state index in [1.54, 1.807) is 30.5 Å². The number of benzene rings is 1. The number of primary amides is 1. The molecule has 5 aromatic rings. The SMILES string of the molecule is NCCCC[C@@H]1NC(=O)[C@H](Cc2cnc[nH]2)NC(=O)CNC(=O)[C@@H]2CCCN2C(=O)[C@H](Cc2cnc[nH]2)NC(=O)[C@H](Cc2c[nH]c3ccccc23)NC(=O)[C@H](CC(N)=O)NC(=O)CNC(=O)[C@@H]2CCCN2C(=O)[C@H](Cc2cnc[nH]2)NC1=O. The number of aromatic nitrogens is 7. The van der Waals surface area contributed by atoms with Crippen LogP contribution in [0.2, 0.25) is 0 Å². The quantitative estimate of drug-likeness (QED) is 0.0469. The number of para-hydroxylation sites is 1. The second kappa shape index (κ2) is 28.3. The zero-order chi connectivity index (χ0) is 59.0. The molecule has 3 aliphatic rings. The summed E-state index contributed by atoms with van der Waals surface area (Å²) in [7, 11) is 0. The third-order valence-electron chi connectivity index (χ3n) is 14.7. The van der Waals surface area contributed by atoms with Crippen LogP contribution in [0.25, 0.3) is 10.9 Å². The number of H-pyrrole nitrogens is 4. The maximum absolute atomic E-state index is 14.8. The van der Waals surface area contributed by atoms with Gasteiger partial charge in [0.05, 0.1) is 38.5 Å². The number of rotatable bonds is 14. The molecule has 11 amide bonds. The molecule has 30 nitrogen and oxygen atoms in total. The average Bonchev–Trinajstić information content (AvgIpc) is 4.47. The topological polar surface area (TPSA) is 444 Å². The molecule has 0 bridgehead atoms. The van der Waals surface area contributed by atoms with Crippen LogP contribution in [-0.2, 0) is 78.4 Å². The van der Waals surface area contributed by atoms with Gasteiger partial charge in [0.25, 0.3) is 0 Å². The Hall–Kier alpha value is -9.48. The lowest BCUT2D eigenvalue weighted by Crippen LogP contribution is -2.60. The van der Waals surface area contributed by atoms with Gasteiger partial charge in [0, 0.05) is 91.5 Å². The third kappa shape index (κ3) is 15.9. The molecule has 0 spiro atoms. The number of nitrogens with zero attached hydrogens (tertiary/aromatic N) is 5. The molecule has 16 N–H and O–H groups in total. The summed E-state index contributed by atoms with van der Waals surface area (Å²) < 4.78 is 0. The van der Waals surface area contributed by atoms with E-state index in [9.17, 15) is 52.7 Å². The standard InChI is InChI=1S/C53H69N19O11/c54-12-4-3-9-35-46(76)69-39(17-31-22-57-27-63-31)52(82)71-13-5-10-41(71)51(81)61-25-45(75)66-38(19-43(55)73)49(79)68-36(15-29-20-59-34-8-2-1-7-33(29)34)47(77)70-40(18-32-23-58-28-64-32)53(83)72-14-6-11-42(72)50(80)60-24-44(74)65-37(48(78)67-35)16-30-21-56-26-62-30/h1-2,7-8,20-23,26-28,35-42,59H,3-6,9-19,24-25,54H2,(H2,55,73)(H,56,62)(H,57,63)(H,58,64)(H,60,80)(H,61,81)(H,65,74)(H,66,75)(H,67,78)(H,68,79)(H,69,76)(H,70,77)/t35-,36-,37-,38-,39-,40-,41-,42-/m0/s1. The number of carbonyl (C=O) groups is 11. The largest absolute Gasteiger partial charge is 0.370 e. The summed E-state index contributed by atoms with van der Waals surface area (Å²) in [5.41, 5.74) is 14.0. The first kappa shape index (κ1) is 59.6. The zero-order valence-corrected chi connectivity index (χ0v) is 45.4. The van der Waals surface area contributed by atoms with E-state index in [-0.39, 0.29) is 64.6 Å². The van der Waals surface area contributed by atoms with E-state index in [1.165, 1.54) is 47.4 Å². The molecule has 0 aliphatic carbocycles. The van der Waals surface area contributed by atoms with Crippen LogP contribution in [0.3, 0.4) is 0 Å². The van der Waals surface area contributed by atoms with Crippen molar-refractivity contribution in [2.75, 3.05) is 32.7 Å². The highest BCUT2D eigenvalue weighted by Gasteiger charge is 2.42. The molecule has 1 aromatic carbocycles. The highest BCUT2D eigenvalue weighted by molar-refractivity contribution is 6.00. The van der Waals surface area contributed by atoms with Crippen molar-refractivity contribution < 1.29 is 52.7 Å². The van der Waals surface area contributed by atoms with E-state index in [2.05, 4.69) is 77.4 Å². The van der Waals surface area contributed by atoms with Gasteiger partial charge < -0.3 is 83.7 Å². The minimum atomic E-state index is -1.69. The van der Waals surface area contributed by atoms with Gasteiger partial charge in [-0.05, 0) is 63.1 Å². The van der Waals surface area contributed by atoms with E-state index in [0.717, 1.165) is 0 Å². The average molecular weight is 1150 g/mol. The maximum Gasteiger partial charge on any atom is 0.246 e. The van der Waals surface area contributed by atoms with Crippen molar-refractivity contribution in [2.24, 2.45) is 11.5 Å². The Labute approximate surface area is 474 Å².